The fraction of sp³-hybridized carbons (Fsp3) is 0.947. The van der Waals surface area contributed by atoms with E-state index in [2.05, 4.69) is 13.8 Å². The van der Waals surface area contributed by atoms with Gasteiger partial charge in [-0.3, -0.25) is 4.79 Å². The lowest BCUT2D eigenvalue weighted by Gasteiger charge is -2.18. The number of carbonyl (C=O) groups is 1. The summed E-state index contributed by atoms with van der Waals surface area (Å²) in [6.07, 6.45) is 11.0. The number of rotatable bonds is 13. The van der Waals surface area contributed by atoms with Crippen LogP contribution in [0.4, 0.5) is 0 Å². The molecule has 7 heteroatoms. The molecule has 2 fully saturated rings. The molecule has 0 N–H and O–H groups in total. The SMILES string of the molecule is CCCCCCCCCCS[C@@H]1O[C@H](COC(C)=O)[C@@H]2OB(CC)O[C@@H]21. The monoisotopic (exact) mass is 386 g/mol. The van der Waals surface area contributed by atoms with Crippen molar-refractivity contribution in [3.63, 3.8) is 0 Å². The summed E-state index contributed by atoms with van der Waals surface area (Å²) in [4.78, 5) is 11.1. The van der Waals surface area contributed by atoms with Gasteiger partial charge in [0.05, 0.1) is 0 Å². The Morgan fingerprint density at radius 3 is 2.31 bits per heavy atom. The van der Waals surface area contributed by atoms with Gasteiger partial charge in [0.25, 0.3) is 0 Å². The molecule has 2 aliphatic rings. The van der Waals surface area contributed by atoms with Gasteiger partial charge in [-0.1, -0.05) is 58.8 Å². The van der Waals surface area contributed by atoms with Gasteiger partial charge in [0, 0.05) is 6.92 Å². The average Bonchev–Trinajstić information content (AvgIpc) is 3.18. The van der Waals surface area contributed by atoms with Crippen molar-refractivity contribution in [3.05, 3.63) is 0 Å². The van der Waals surface area contributed by atoms with E-state index in [4.69, 9.17) is 18.8 Å². The molecule has 2 rings (SSSR count). The number of hydrogen-bond acceptors (Lipinski definition) is 6. The minimum Gasteiger partial charge on any atom is -0.463 e. The van der Waals surface area contributed by atoms with Crippen LogP contribution in [0.15, 0.2) is 0 Å². The Kier molecular flexibility index (Phi) is 10.4. The van der Waals surface area contributed by atoms with E-state index >= 15 is 0 Å². The van der Waals surface area contributed by atoms with Crippen LogP contribution in [-0.4, -0.2) is 49.2 Å². The minimum absolute atomic E-state index is 0.0262. The van der Waals surface area contributed by atoms with Gasteiger partial charge < -0.3 is 18.8 Å². The first-order valence-corrected chi connectivity index (χ1v) is 11.4. The van der Waals surface area contributed by atoms with Crippen molar-refractivity contribution < 1.29 is 23.6 Å². The molecule has 0 radical (unpaired) electrons. The third-order valence-corrected chi connectivity index (χ3v) is 6.18. The molecule has 0 amide bonds. The molecule has 2 aliphatic heterocycles. The van der Waals surface area contributed by atoms with Crippen LogP contribution in [0.2, 0.25) is 6.32 Å². The molecule has 0 unspecified atom stereocenters. The Morgan fingerprint density at radius 2 is 1.65 bits per heavy atom. The van der Waals surface area contributed by atoms with E-state index in [1.807, 2.05) is 11.8 Å². The molecular formula is C19H35BO5S. The molecule has 5 nitrogen and oxygen atoms in total. The van der Waals surface area contributed by atoms with Crippen molar-refractivity contribution in [1.29, 1.82) is 0 Å². The topological polar surface area (TPSA) is 54.0 Å². The van der Waals surface area contributed by atoms with Crippen molar-refractivity contribution in [2.75, 3.05) is 12.4 Å². The predicted molar refractivity (Wildman–Crippen MR) is 106 cm³/mol. The number of unbranched alkanes of at least 4 members (excludes halogenated alkanes) is 7. The molecule has 150 valence electrons. The molecule has 0 aromatic carbocycles. The van der Waals surface area contributed by atoms with Crippen molar-refractivity contribution >= 4 is 24.8 Å². The number of hydrogen-bond donors (Lipinski definition) is 0. The summed E-state index contributed by atoms with van der Waals surface area (Å²) < 4.78 is 23.2. The van der Waals surface area contributed by atoms with Gasteiger partial charge in [-0.2, -0.15) is 0 Å². The highest BCUT2D eigenvalue weighted by atomic mass is 32.2. The van der Waals surface area contributed by atoms with Gasteiger partial charge in [-0.25, -0.2) is 0 Å². The second-order valence-corrected chi connectivity index (χ2v) is 8.44. The first-order valence-electron chi connectivity index (χ1n) is 10.4. The van der Waals surface area contributed by atoms with Crippen LogP contribution >= 0.6 is 11.8 Å². The number of ether oxygens (including phenoxy) is 2. The van der Waals surface area contributed by atoms with Crippen molar-refractivity contribution in [3.8, 4) is 0 Å². The lowest BCUT2D eigenvalue weighted by atomic mass is 9.87. The second kappa shape index (κ2) is 12.3. The summed E-state index contributed by atoms with van der Waals surface area (Å²) >= 11 is 1.82. The quantitative estimate of drug-likeness (QED) is 0.265. The zero-order chi connectivity index (χ0) is 18.8. The highest BCUT2D eigenvalue weighted by Gasteiger charge is 2.53. The van der Waals surface area contributed by atoms with Gasteiger partial charge in [0.2, 0.25) is 0 Å². The van der Waals surface area contributed by atoms with E-state index in [9.17, 15) is 4.79 Å². The first kappa shape index (κ1) is 22.1. The Balaban J connectivity index is 1.65. The molecule has 0 aromatic heterocycles. The molecule has 4 atom stereocenters. The van der Waals surface area contributed by atoms with Crippen LogP contribution in [-0.2, 0) is 23.6 Å². The van der Waals surface area contributed by atoms with Crippen molar-refractivity contribution in [1.82, 2.24) is 0 Å². The zero-order valence-electron chi connectivity index (χ0n) is 16.6. The lowest BCUT2D eigenvalue weighted by Crippen LogP contribution is -2.32. The lowest BCUT2D eigenvalue weighted by molar-refractivity contribution is -0.145. The molecule has 0 bridgehead atoms. The number of thioether (sulfide) groups is 1. The maximum atomic E-state index is 11.1. The van der Waals surface area contributed by atoms with Crippen LogP contribution in [0.25, 0.3) is 0 Å². The molecule has 2 heterocycles. The van der Waals surface area contributed by atoms with Crippen molar-refractivity contribution in [2.45, 2.75) is 102 Å². The average molecular weight is 386 g/mol. The van der Waals surface area contributed by atoms with E-state index in [1.165, 1.54) is 58.3 Å². The van der Waals surface area contributed by atoms with Gasteiger partial charge in [0.1, 0.15) is 30.4 Å². The summed E-state index contributed by atoms with van der Waals surface area (Å²) in [6, 6.07) is 0. The largest absolute Gasteiger partial charge is 0.463 e. The molecular weight excluding hydrogens is 351 g/mol. The van der Waals surface area contributed by atoms with Gasteiger partial charge in [-0.15, -0.1) is 11.8 Å². The Labute approximate surface area is 163 Å². The van der Waals surface area contributed by atoms with Crippen LogP contribution in [0.1, 0.15) is 72.1 Å². The van der Waals surface area contributed by atoms with Crippen LogP contribution in [0.5, 0.6) is 0 Å². The predicted octanol–water partition coefficient (Wildman–Crippen LogP) is 4.44. The summed E-state index contributed by atoms with van der Waals surface area (Å²) in [5, 5.41) is 0. The normalized spacial score (nSPS) is 27.7. The zero-order valence-corrected chi connectivity index (χ0v) is 17.4. The van der Waals surface area contributed by atoms with Crippen LogP contribution in [0.3, 0.4) is 0 Å². The fourth-order valence-corrected chi connectivity index (χ4v) is 4.71. The molecule has 0 aromatic rings. The number of esters is 1. The van der Waals surface area contributed by atoms with Gasteiger partial charge in [-0.05, 0) is 18.5 Å². The standard InChI is InChI=1S/C19H35BO5S/c1-4-6-7-8-9-10-11-12-13-26-19-18-17(24-20(5-2)25-18)16(23-19)14-22-15(3)21/h16-19H,4-14H2,1-3H3/t16-,17+,18+,19+/m1/s1. The molecule has 0 spiro atoms. The Hall–Kier alpha value is -0.235. The maximum absolute atomic E-state index is 11.1. The van der Waals surface area contributed by atoms with E-state index in [1.54, 1.807) is 0 Å². The Morgan fingerprint density at radius 1 is 1.00 bits per heavy atom. The van der Waals surface area contributed by atoms with Crippen molar-refractivity contribution in [2.24, 2.45) is 0 Å². The highest BCUT2D eigenvalue weighted by molar-refractivity contribution is 7.99. The second-order valence-electron chi connectivity index (χ2n) is 7.23. The van der Waals surface area contributed by atoms with E-state index in [0.717, 1.165) is 12.1 Å². The number of fused-ring (bicyclic) bond motifs is 1. The molecule has 0 aliphatic carbocycles. The van der Waals surface area contributed by atoms with E-state index < -0.39 is 0 Å². The first-order chi connectivity index (χ1) is 12.7. The van der Waals surface area contributed by atoms with Crippen LogP contribution in [0, 0.1) is 0 Å². The number of carbonyl (C=O) groups excluding carboxylic acids is 1. The molecule has 0 saturated carbocycles. The van der Waals surface area contributed by atoms with E-state index in [0.29, 0.717) is 0 Å². The fourth-order valence-electron chi connectivity index (χ4n) is 3.48. The molecule has 2 saturated heterocycles. The van der Waals surface area contributed by atoms with Crippen LogP contribution < -0.4 is 0 Å². The summed E-state index contributed by atoms with van der Waals surface area (Å²) in [6.45, 7) is 5.97. The Bertz CT molecular complexity index is 411. The maximum Gasteiger partial charge on any atom is 0.457 e. The summed E-state index contributed by atoms with van der Waals surface area (Å²) in [5.41, 5.74) is -0.0262. The van der Waals surface area contributed by atoms with Gasteiger partial charge >= 0.3 is 13.1 Å². The molecule has 26 heavy (non-hydrogen) atoms. The smallest absolute Gasteiger partial charge is 0.457 e. The summed E-state index contributed by atoms with van der Waals surface area (Å²) in [7, 11) is -0.167. The minimum atomic E-state index is -0.286. The summed E-state index contributed by atoms with van der Waals surface area (Å²) in [5.74, 6) is 0.787. The third kappa shape index (κ3) is 7.06. The third-order valence-electron chi connectivity index (χ3n) is 4.95. The highest BCUT2D eigenvalue weighted by Crippen LogP contribution is 2.38. The van der Waals surface area contributed by atoms with Gasteiger partial charge in [0.15, 0.2) is 0 Å². The van der Waals surface area contributed by atoms with E-state index in [-0.39, 0.29) is 43.4 Å².